The van der Waals surface area contributed by atoms with Crippen molar-refractivity contribution >= 4 is 35.8 Å². The van der Waals surface area contributed by atoms with Gasteiger partial charge >= 0.3 is 0 Å². The van der Waals surface area contributed by atoms with Crippen LogP contribution in [0.5, 0.6) is 5.75 Å². The van der Waals surface area contributed by atoms with Crippen molar-refractivity contribution in [1.82, 2.24) is 15.5 Å². The maximum Gasteiger partial charge on any atom is 0.225 e. The van der Waals surface area contributed by atoms with Gasteiger partial charge in [-0.1, -0.05) is 32.0 Å². The summed E-state index contributed by atoms with van der Waals surface area (Å²) in [5.41, 5.74) is 1.13. The summed E-state index contributed by atoms with van der Waals surface area (Å²) < 4.78 is 5.98. The first-order valence-electron chi connectivity index (χ1n) is 10.0. The van der Waals surface area contributed by atoms with Crippen LogP contribution in [0, 0.1) is 11.8 Å². The standard InChI is InChI=1S/C21H32N4O2.HI/c1-15(2)20(26)25-11-10-18(13-25)24-21(22-3)23-12-17-6-4-5-7-19(17)27-14-16-8-9-16;/h4-7,15-16,18H,8-14H2,1-3H3,(H2,22,23,24);1H. The summed E-state index contributed by atoms with van der Waals surface area (Å²) in [6.07, 6.45) is 3.52. The van der Waals surface area contributed by atoms with Crippen molar-refractivity contribution in [2.24, 2.45) is 16.8 Å². The Morgan fingerprint density at radius 1 is 1.29 bits per heavy atom. The second-order valence-corrected chi connectivity index (χ2v) is 7.86. The van der Waals surface area contributed by atoms with Gasteiger partial charge in [0.15, 0.2) is 5.96 Å². The molecule has 0 spiro atoms. The number of amides is 1. The normalized spacial score (nSPS) is 19.4. The number of hydrogen-bond acceptors (Lipinski definition) is 3. The van der Waals surface area contributed by atoms with E-state index in [0.29, 0.717) is 6.54 Å². The second kappa shape index (κ2) is 10.9. The number of para-hydroxylation sites is 1. The van der Waals surface area contributed by atoms with Crippen molar-refractivity contribution in [2.75, 3.05) is 26.7 Å². The first-order chi connectivity index (χ1) is 13.1. The van der Waals surface area contributed by atoms with Gasteiger partial charge in [0, 0.05) is 44.2 Å². The lowest BCUT2D eigenvalue weighted by atomic mass is 10.2. The molecule has 1 atom stereocenters. The van der Waals surface area contributed by atoms with Crippen molar-refractivity contribution in [2.45, 2.75) is 45.7 Å². The molecule has 1 saturated carbocycles. The number of likely N-dealkylation sites (tertiary alicyclic amines) is 1. The third-order valence-electron chi connectivity index (χ3n) is 5.15. The number of rotatable bonds is 7. The van der Waals surface area contributed by atoms with Gasteiger partial charge in [-0.3, -0.25) is 9.79 Å². The van der Waals surface area contributed by atoms with Gasteiger partial charge in [-0.25, -0.2) is 0 Å². The molecule has 1 heterocycles. The summed E-state index contributed by atoms with van der Waals surface area (Å²) in [5.74, 6) is 2.72. The van der Waals surface area contributed by atoms with Gasteiger partial charge in [-0.15, -0.1) is 24.0 Å². The summed E-state index contributed by atoms with van der Waals surface area (Å²) in [4.78, 5) is 18.4. The van der Waals surface area contributed by atoms with Crippen LogP contribution in [0.25, 0.3) is 0 Å². The molecule has 2 N–H and O–H groups in total. The molecule has 2 fully saturated rings. The third-order valence-corrected chi connectivity index (χ3v) is 5.15. The molecule has 1 saturated heterocycles. The Morgan fingerprint density at radius 3 is 2.71 bits per heavy atom. The molecule has 3 rings (SSSR count). The van der Waals surface area contributed by atoms with E-state index in [9.17, 15) is 4.79 Å². The molecule has 1 aromatic carbocycles. The molecule has 1 aliphatic carbocycles. The van der Waals surface area contributed by atoms with E-state index in [0.717, 1.165) is 49.3 Å². The van der Waals surface area contributed by atoms with Crippen molar-refractivity contribution in [3.05, 3.63) is 29.8 Å². The number of aliphatic imine (C=N–C) groups is 1. The minimum atomic E-state index is 0. The summed E-state index contributed by atoms with van der Waals surface area (Å²) in [5, 5.41) is 6.82. The average Bonchev–Trinajstić information content (AvgIpc) is 3.39. The number of nitrogens with zero attached hydrogens (tertiary/aromatic N) is 2. The minimum absolute atomic E-state index is 0. The van der Waals surface area contributed by atoms with Crippen LogP contribution in [0.2, 0.25) is 0 Å². The van der Waals surface area contributed by atoms with Gasteiger partial charge in [0.2, 0.25) is 5.91 Å². The van der Waals surface area contributed by atoms with Gasteiger partial charge < -0.3 is 20.3 Å². The van der Waals surface area contributed by atoms with E-state index in [4.69, 9.17) is 4.74 Å². The van der Waals surface area contributed by atoms with Crippen molar-refractivity contribution in [1.29, 1.82) is 0 Å². The molecule has 1 aromatic rings. The Labute approximate surface area is 185 Å². The smallest absolute Gasteiger partial charge is 0.225 e. The molecule has 1 amide bonds. The summed E-state index contributed by atoms with van der Waals surface area (Å²) in [6.45, 7) is 6.91. The highest BCUT2D eigenvalue weighted by atomic mass is 127. The second-order valence-electron chi connectivity index (χ2n) is 7.86. The van der Waals surface area contributed by atoms with Crippen LogP contribution in [-0.4, -0.2) is 49.6 Å². The molecule has 156 valence electrons. The predicted molar refractivity (Wildman–Crippen MR) is 123 cm³/mol. The lowest BCUT2D eigenvalue weighted by Gasteiger charge is -2.20. The SMILES string of the molecule is CN=C(NCc1ccccc1OCC1CC1)NC1CCN(C(=O)C(C)C)C1.I. The van der Waals surface area contributed by atoms with E-state index in [1.54, 1.807) is 7.05 Å². The fourth-order valence-electron chi connectivity index (χ4n) is 3.29. The quantitative estimate of drug-likeness (QED) is 0.343. The zero-order chi connectivity index (χ0) is 19.2. The molecular formula is C21H33IN4O2. The highest BCUT2D eigenvalue weighted by Crippen LogP contribution is 2.30. The highest BCUT2D eigenvalue weighted by Gasteiger charge is 2.28. The van der Waals surface area contributed by atoms with Crippen LogP contribution < -0.4 is 15.4 Å². The van der Waals surface area contributed by atoms with Gasteiger partial charge in [-0.2, -0.15) is 0 Å². The van der Waals surface area contributed by atoms with Crippen molar-refractivity contribution < 1.29 is 9.53 Å². The monoisotopic (exact) mass is 500 g/mol. The molecular weight excluding hydrogens is 467 g/mol. The number of carbonyl (C=O) groups is 1. The van der Waals surface area contributed by atoms with Gasteiger partial charge in [0.25, 0.3) is 0 Å². The maximum absolute atomic E-state index is 12.1. The predicted octanol–water partition coefficient (Wildman–Crippen LogP) is 3.02. The first-order valence-corrected chi connectivity index (χ1v) is 10.0. The zero-order valence-corrected chi connectivity index (χ0v) is 19.4. The molecule has 7 heteroatoms. The Balaban J connectivity index is 0.00000280. The minimum Gasteiger partial charge on any atom is -0.493 e. The number of benzene rings is 1. The number of ether oxygens (including phenoxy) is 1. The Bertz CT molecular complexity index is 676. The van der Waals surface area contributed by atoms with Crippen LogP contribution in [0.3, 0.4) is 0 Å². The molecule has 28 heavy (non-hydrogen) atoms. The van der Waals surface area contributed by atoms with Crippen LogP contribution >= 0.6 is 24.0 Å². The molecule has 1 unspecified atom stereocenters. The van der Waals surface area contributed by atoms with E-state index >= 15 is 0 Å². The molecule has 0 radical (unpaired) electrons. The number of carbonyl (C=O) groups excluding carboxylic acids is 1. The number of halogens is 1. The Hall–Kier alpha value is -1.51. The average molecular weight is 500 g/mol. The lowest BCUT2D eigenvalue weighted by Crippen LogP contribution is -2.45. The van der Waals surface area contributed by atoms with Crippen LogP contribution in [0.1, 0.15) is 38.7 Å². The molecule has 2 aliphatic rings. The van der Waals surface area contributed by atoms with E-state index in [1.807, 2.05) is 36.9 Å². The number of hydrogen-bond donors (Lipinski definition) is 2. The number of guanidine groups is 1. The summed E-state index contributed by atoms with van der Waals surface area (Å²) in [6, 6.07) is 8.39. The van der Waals surface area contributed by atoms with Crippen LogP contribution in [0.15, 0.2) is 29.3 Å². The Morgan fingerprint density at radius 2 is 2.04 bits per heavy atom. The van der Waals surface area contributed by atoms with E-state index in [1.165, 1.54) is 12.8 Å². The fourth-order valence-corrected chi connectivity index (χ4v) is 3.29. The lowest BCUT2D eigenvalue weighted by molar-refractivity contribution is -0.133. The van der Waals surface area contributed by atoms with Gasteiger partial charge in [0.1, 0.15) is 5.75 Å². The number of nitrogens with one attached hydrogen (secondary N) is 2. The van der Waals surface area contributed by atoms with Crippen molar-refractivity contribution in [3.8, 4) is 5.75 Å². The van der Waals surface area contributed by atoms with Crippen molar-refractivity contribution in [3.63, 3.8) is 0 Å². The molecule has 6 nitrogen and oxygen atoms in total. The molecule has 1 aliphatic heterocycles. The van der Waals surface area contributed by atoms with Gasteiger partial charge in [0.05, 0.1) is 6.61 Å². The topological polar surface area (TPSA) is 66.0 Å². The van der Waals surface area contributed by atoms with Gasteiger partial charge in [-0.05, 0) is 31.2 Å². The third kappa shape index (κ3) is 6.53. The fraction of sp³-hybridized carbons (Fsp3) is 0.619. The van der Waals surface area contributed by atoms with Crippen LogP contribution in [-0.2, 0) is 11.3 Å². The largest absolute Gasteiger partial charge is 0.493 e. The maximum atomic E-state index is 12.1. The van der Waals surface area contributed by atoms with E-state index in [2.05, 4.69) is 21.7 Å². The van der Waals surface area contributed by atoms with Crippen LogP contribution in [0.4, 0.5) is 0 Å². The summed E-state index contributed by atoms with van der Waals surface area (Å²) >= 11 is 0. The zero-order valence-electron chi connectivity index (χ0n) is 17.1. The van der Waals surface area contributed by atoms with E-state index < -0.39 is 0 Å². The molecule has 0 bridgehead atoms. The molecule has 0 aromatic heterocycles. The highest BCUT2D eigenvalue weighted by molar-refractivity contribution is 14.0. The van der Waals surface area contributed by atoms with E-state index in [-0.39, 0.29) is 41.8 Å². The summed E-state index contributed by atoms with van der Waals surface area (Å²) in [7, 11) is 1.77. The first kappa shape index (κ1) is 22.8. The Kier molecular flexibility index (Phi) is 8.85.